The van der Waals surface area contributed by atoms with Crippen LogP contribution in [0.4, 0.5) is 0 Å². The van der Waals surface area contributed by atoms with Crippen LogP contribution in [0.25, 0.3) is 0 Å². The normalized spacial score (nSPS) is 14.9. The van der Waals surface area contributed by atoms with Gasteiger partial charge in [-0.05, 0) is 38.0 Å². The van der Waals surface area contributed by atoms with Crippen molar-refractivity contribution in [1.82, 2.24) is 4.90 Å². The molecule has 6 heteroatoms. The van der Waals surface area contributed by atoms with Crippen molar-refractivity contribution in [3.8, 4) is 0 Å². The van der Waals surface area contributed by atoms with Crippen LogP contribution in [0.3, 0.4) is 0 Å². The van der Waals surface area contributed by atoms with E-state index in [4.69, 9.17) is 9.84 Å². The Morgan fingerprint density at radius 3 is 1.77 bits per heavy atom. The number of ketones is 1. The van der Waals surface area contributed by atoms with Crippen molar-refractivity contribution in [1.29, 1.82) is 0 Å². The first-order valence-corrected chi connectivity index (χ1v) is 11.2. The van der Waals surface area contributed by atoms with Gasteiger partial charge in [-0.2, -0.15) is 0 Å². The average Bonchev–Trinajstić information content (AvgIpc) is 2.86. The monoisotopic (exact) mass is 425 g/mol. The number of aliphatic hydroxyl groups is 1. The van der Waals surface area contributed by atoms with Crippen LogP contribution in [0.1, 0.15) is 81.6 Å². The van der Waals surface area contributed by atoms with E-state index in [2.05, 4.69) is 13.8 Å². The summed E-state index contributed by atoms with van der Waals surface area (Å²) in [5.74, 6) is 0.520. The first-order chi connectivity index (χ1) is 13.8. The van der Waals surface area contributed by atoms with Gasteiger partial charge in [0.15, 0.2) is 0 Å². The SMILES string of the molecule is CC(C)CCOC(C)(C)CN1C(=O)C(C(C)C)=C(C(C)C)C1=O.CCC(=O)CCO. The third-order valence-electron chi connectivity index (χ3n) is 4.91. The summed E-state index contributed by atoms with van der Waals surface area (Å²) in [6.07, 6.45) is 1.83. The van der Waals surface area contributed by atoms with Crippen LogP contribution in [0.2, 0.25) is 0 Å². The Hall–Kier alpha value is -1.53. The van der Waals surface area contributed by atoms with Crippen molar-refractivity contribution < 1.29 is 24.2 Å². The number of carbonyl (C=O) groups excluding carboxylic acids is 3. The molecule has 2 amide bonds. The van der Waals surface area contributed by atoms with E-state index in [0.717, 1.165) is 6.42 Å². The van der Waals surface area contributed by atoms with E-state index in [-0.39, 0.29) is 36.0 Å². The van der Waals surface area contributed by atoms with Gasteiger partial charge in [0.25, 0.3) is 11.8 Å². The predicted octanol–water partition coefficient (Wildman–Crippen LogP) is 4.15. The van der Waals surface area contributed by atoms with Crippen molar-refractivity contribution >= 4 is 17.6 Å². The number of Topliss-reactive ketones (excluding diaryl/α,β-unsaturated/α-hetero) is 1. The number of amides is 2. The fourth-order valence-electron chi connectivity index (χ4n) is 3.17. The van der Waals surface area contributed by atoms with Gasteiger partial charge in [-0.25, -0.2) is 0 Å². The topological polar surface area (TPSA) is 83.9 Å². The van der Waals surface area contributed by atoms with Gasteiger partial charge in [-0.15, -0.1) is 0 Å². The Labute approximate surface area is 183 Å². The first-order valence-electron chi connectivity index (χ1n) is 11.2. The van der Waals surface area contributed by atoms with Gasteiger partial charge in [0.2, 0.25) is 0 Å². The summed E-state index contributed by atoms with van der Waals surface area (Å²) in [6, 6.07) is 0. The number of carbonyl (C=O) groups is 3. The highest BCUT2D eigenvalue weighted by atomic mass is 16.5. The number of rotatable bonds is 11. The molecule has 0 radical (unpaired) electrons. The zero-order chi connectivity index (χ0) is 23.6. The van der Waals surface area contributed by atoms with Gasteiger partial charge in [-0.3, -0.25) is 19.3 Å². The molecule has 0 aromatic rings. The largest absolute Gasteiger partial charge is 0.396 e. The molecule has 6 nitrogen and oxygen atoms in total. The van der Waals surface area contributed by atoms with Crippen molar-refractivity contribution in [2.45, 2.75) is 87.2 Å². The molecule has 1 aliphatic heterocycles. The Kier molecular flexibility index (Phi) is 12.3. The van der Waals surface area contributed by atoms with E-state index in [1.54, 1.807) is 6.92 Å². The van der Waals surface area contributed by atoms with Gasteiger partial charge in [0.05, 0.1) is 12.1 Å². The van der Waals surface area contributed by atoms with Gasteiger partial charge < -0.3 is 9.84 Å². The Balaban J connectivity index is 0.00000103. The predicted molar refractivity (Wildman–Crippen MR) is 120 cm³/mol. The fraction of sp³-hybridized carbons (Fsp3) is 0.792. The quantitative estimate of drug-likeness (QED) is 0.503. The van der Waals surface area contributed by atoms with Crippen LogP contribution in [-0.4, -0.2) is 53.0 Å². The molecular formula is C24H43NO5. The molecule has 0 bridgehead atoms. The molecule has 174 valence electrons. The number of hydrogen-bond donors (Lipinski definition) is 1. The maximum atomic E-state index is 12.7. The lowest BCUT2D eigenvalue weighted by Gasteiger charge is -2.30. The first kappa shape index (κ1) is 28.5. The maximum absolute atomic E-state index is 12.7. The highest BCUT2D eigenvalue weighted by Crippen LogP contribution is 2.32. The Morgan fingerprint density at radius 1 is 1.00 bits per heavy atom. The van der Waals surface area contributed by atoms with Crippen LogP contribution in [0.15, 0.2) is 11.1 Å². The second-order valence-corrected chi connectivity index (χ2v) is 9.49. The third kappa shape index (κ3) is 9.09. The summed E-state index contributed by atoms with van der Waals surface area (Å²) >= 11 is 0. The van der Waals surface area contributed by atoms with E-state index in [9.17, 15) is 14.4 Å². The van der Waals surface area contributed by atoms with Crippen LogP contribution < -0.4 is 0 Å². The van der Waals surface area contributed by atoms with Crippen molar-refractivity contribution in [2.24, 2.45) is 17.8 Å². The number of imide groups is 1. The van der Waals surface area contributed by atoms with Crippen LogP contribution in [0, 0.1) is 17.8 Å². The fourth-order valence-corrected chi connectivity index (χ4v) is 3.17. The minimum atomic E-state index is -0.533. The molecular weight excluding hydrogens is 382 g/mol. The third-order valence-corrected chi connectivity index (χ3v) is 4.91. The van der Waals surface area contributed by atoms with E-state index < -0.39 is 5.60 Å². The molecule has 0 fully saturated rings. The number of aliphatic hydroxyl groups excluding tert-OH is 1. The molecule has 0 saturated heterocycles. The Morgan fingerprint density at radius 2 is 1.47 bits per heavy atom. The molecule has 0 spiro atoms. The highest BCUT2D eigenvalue weighted by Gasteiger charge is 2.42. The highest BCUT2D eigenvalue weighted by molar-refractivity contribution is 6.19. The van der Waals surface area contributed by atoms with Gasteiger partial charge in [0, 0.05) is 37.2 Å². The van der Waals surface area contributed by atoms with Gasteiger partial charge in [-0.1, -0.05) is 48.5 Å². The lowest BCUT2D eigenvalue weighted by atomic mass is 9.92. The molecule has 0 unspecified atom stereocenters. The summed E-state index contributed by atoms with van der Waals surface area (Å²) in [4.78, 5) is 37.1. The number of ether oxygens (including phenoxy) is 1. The van der Waals surface area contributed by atoms with E-state index in [0.29, 0.717) is 43.1 Å². The van der Waals surface area contributed by atoms with Crippen molar-refractivity contribution in [3.63, 3.8) is 0 Å². The maximum Gasteiger partial charge on any atom is 0.257 e. The average molecular weight is 426 g/mol. The number of hydrogen-bond acceptors (Lipinski definition) is 5. The molecule has 0 saturated carbocycles. The summed E-state index contributed by atoms with van der Waals surface area (Å²) < 4.78 is 5.93. The standard InChI is InChI=1S/C19H33NO3.C5H10O2/c1-12(2)9-10-23-19(7,8)11-20-17(21)15(13(3)4)16(14(5)6)18(20)22;1-2-5(7)3-4-6/h12-14H,9-11H2,1-8H3;6H,2-4H2,1H3. The molecule has 0 aromatic heterocycles. The van der Waals surface area contributed by atoms with Gasteiger partial charge in [0.1, 0.15) is 5.78 Å². The Bertz CT molecular complexity index is 587. The molecule has 1 heterocycles. The molecule has 1 N–H and O–H groups in total. The molecule has 0 atom stereocenters. The van der Waals surface area contributed by atoms with Gasteiger partial charge >= 0.3 is 0 Å². The van der Waals surface area contributed by atoms with E-state index >= 15 is 0 Å². The van der Waals surface area contributed by atoms with Crippen LogP contribution >= 0.6 is 0 Å². The smallest absolute Gasteiger partial charge is 0.257 e. The number of nitrogens with zero attached hydrogens (tertiary/aromatic N) is 1. The molecule has 1 aliphatic rings. The molecule has 30 heavy (non-hydrogen) atoms. The van der Waals surface area contributed by atoms with Crippen molar-refractivity contribution in [2.75, 3.05) is 19.8 Å². The second-order valence-electron chi connectivity index (χ2n) is 9.49. The van der Waals surface area contributed by atoms with Crippen molar-refractivity contribution in [3.05, 3.63) is 11.1 Å². The lowest BCUT2D eigenvalue weighted by molar-refractivity contribution is -0.143. The van der Waals surface area contributed by atoms with E-state index in [1.165, 1.54) is 4.90 Å². The van der Waals surface area contributed by atoms with Crippen LogP contribution in [0.5, 0.6) is 0 Å². The summed E-state index contributed by atoms with van der Waals surface area (Å²) in [7, 11) is 0. The summed E-state index contributed by atoms with van der Waals surface area (Å²) in [5, 5.41) is 8.15. The minimum Gasteiger partial charge on any atom is -0.396 e. The summed E-state index contributed by atoms with van der Waals surface area (Å²) in [6.45, 7) is 18.8. The zero-order valence-corrected chi connectivity index (χ0v) is 20.5. The lowest BCUT2D eigenvalue weighted by Crippen LogP contribution is -2.45. The van der Waals surface area contributed by atoms with E-state index in [1.807, 2.05) is 41.5 Å². The summed E-state index contributed by atoms with van der Waals surface area (Å²) in [5.41, 5.74) is 0.806. The molecule has 1 rings (SSSR count). The molecule has 0 aliphatic carbocycles. The van der Waals surface area contributed by atoms with Crippen LogP contribution in [-0.2, 0) is 19.1 Å². The zero-order valence-electron chi connectivity index (χ0n) is 20.5. The second kappa shape index (κ2) is 13.0. The minimum absolute atomic E-state index is 0.00727. The molecule has 0 aromatic carbocycles.